The van der Waals surface area contributed by atoms with Crippen LogP contribution in [0.1, 0.15) is 27.7 Å². The second-order valence-electron chi connectivity index (χ2n) is 6.28. The highest BCUT2D eigenvalue weighted by atomic mass is 16.5. The third kappa shape index (κ3) is 6.63. The Balaban J connectivity index is 2.54. The van der Waals surface area contributed by atoms with Crippen molar-refractivity contribution in [1.29, 1.82) is 0 Å². The molecule has 1 atom stereocenters. The van der Waals surface area contributed by atoms with Crippen LogP contribution in [0, 0.1) is 5.92 Å². The fraction of sp³-hybridized carbons (Fsp3) is 0.933. The van der Waals surface area contributed by atoms with Gasteiger partial charge in [0.25, 0.3) is 0 Å². The monoisotopic (exact) mass is 300 g/mol. The van der Waals surface area contributed by atoms with Crippen molar-refractivity contribution in [3.63, 3.8) is 0 Å². The van der Waals surface area contributed by atoms with Crippen molar-refractivity contribution in [1.82, 2.24) is 15.5 Å². The quantitative estimate of drug-likeness (QED) is 0.465. The molecule has 124 valence electrons. The Morgan fingerprint density at radius 2 is 2.00 bits per heavy atom. The maximum atomic E-state index is 9.09. The average Bonchev–Trinajstić information content (AvgIpc) is 2.50. The molecule has 6 nitrogen and oxygen atoms in total. The SMILES string of the molecule is CCNC(=NCC(C)(C)N1CCOCC1)NCC(C)CO. The van der Waals surface area contributed by atoms with Gasteiger partial charge in [-0.05, 0) is 26.7 Å². The minimum atomic E-state index is 0.0225. The van der Waals surface area contributed by atoms with Crippen LogP contribution >= 0.6 is 0 Å². The number of hydrogen-bond acceptors (Lipinski definition) is 4. The predicted octanol–water partition coefficient (Wildman–Crippen LogP) is 0.281. The van der Waals surface area contributed by atoms with Crippen molar-refractivity contribution < 1.29 is 9.84 Å². The fourth-order valence-corrected chi connectivity index (χ4v) is 2.22. The number of aliphatic hydroxyl groups excluding tert-OH is 1. The van der Waals surface area contributed by atoms with E-state index in [1.54, 1.807) is 0 Å². The van der Waals surface area contributed by atoms with Crippen LogP contribution in [0.25, 0.3) is 0 Å². The second kappa shape index (κ2) is 9.23. The number of aliphatic imine (C=N–C) groups is 1. The third-order valence-electron chi connectivity index (χ3n) is 3.77. The van der Waals surface area contributed by atoms with E-state index in [-0.39, 0.29) is 18.1 Å². The van der Waals surface area contributed by atoms with Gasteiger partial charge in [0, 0.05) is 38.3 Å². The van der Waals surface area contributed by atoms with Crippen molar-refractivity contribution in [2.45, 2.75) is 33.2 Å². The number of nitrogens with one attached hydrogen (secondary N) is 2. The van der Waals surface area contributed by atoms with E-state index in [9.17, 15) is 0 Å². The minimum absolute atomic E-state index is 0.0225. The van der Waals surface area contributed by atoms with Crippen LogP contribution in [0.5, 0.6) is 0 Å². The van der Waals surface area contributed by atoms with Crippen molar-refractivity contribution in [2.75, 3.05) is 52.5 Å². The van der Waals surface area contributed by atoms with Gasteiger partial charge in [0.05, 0.1) is 19.8 Å². The number of morpholine rings is 1. The summed E-state index contributed by atoms with van der Waals surface area (Å²) in [6, 6.07) is 0. The molecule has 0 radical (unpaired) electrons. The first kappa shape index (κ1) is 18.2. The van der Waals surface area contributed by atoms with Gasteiger partial charge in [-0.2, -0.15) is 0 Å². The molecule has 0 aromatic heterocycles. The molecule has 0 aliphatic carbocycles. The summed E-state index contributed by atoms with van der Waals surface area (Å²) >= 11 is 0. The zero-order valence-electron chi connectivity index (χ0n) is 14.0. The van der Waals surface area contributed by atoms with Crippen molar-refractivity contribution in [3.8, 4) is 0 Å². The van der Waals surface area contributed by atoms with Gasteiger partial charge in [0.15, 0.2) is 5.96 Å². The van der Waals surface area contributed by atoms with Crippen molar-refractivity contribution in [2.24, 2.45) is 10.9 Å². The molecule has 1 heterocycles. The number of ether oxygens (including phenoxy) is 1. The van der Waals surface area contributed by atoms with E-state index in [1.807, 2.05) is 6.92 Å². The van der Waals surface area contributed by atoms with E-state index in [0.29, 0.717) is 0 Å². The number of hydrogen-bond donors (Lipinski definition) is 3. The maximum Gasteiger partial charge on any atom is 0.191 e. The van der Waals surface area contributed by atoms with E-state index in [1.165, 1.54) is 0 Å². The Bertz CT molecular complexity index is 315. The van der Waals surface area contributed by atoms with Crippen LogP contribution in [-0.4, -0.2) is 74.0 Å². The van der Waals surface area contributed by atoms with Crippen LogP contribution in [-0.2, 0) is 4.74 Å². The zero-order chi connectivity index (χ0) is 15.7. The molecule has 3 N–H and O–H groups in total. The molecular formula is C15H32N4O2. The van der Waals surface area contributed by atoms with Crippen LogP contribution < -0.4 is 10.6 Å². The van der Waals surface area contributed by atoms with E-state index < -0.39 is 0 Å². The van der Waals surface area contributed by atoms with Crippen LogP contribution in [0.2, 0.25) is 0 Å². The molecule has 0 spiro atoms. The lowest BCUT2D eigenvalue weighted by Gasteiger charge is -2.39. The molecule has 1 aliphatic heterocycles. The van der Waals surface area contributed by atoms with Gasteiger partial charge < -0.3 is 20.5 Å². The second-order valence-corrected chi connectivity index (χ2v) is 6.28. The summed E-state index contributed by atoms with van der Waals surface area (Å²) in [4.78, 5) is 7.13. The van der Waals surface area contributed by atoms with Gasteiger partial charge in [0.1, 0.15) is 0 Å². The molecular weight excluding hydrogens is 268 g/mol. The summed E-state index contributed by atoms with van der Waals surface area (Å²) in [6.45, 7) is 14.5. The number of guanidine groups is 1. The molecule has 6 heteroatoms. The highest BCUT2D eigenvalue weighted by molar-refractivity contribution is 5.79. The molecule has 1 aliphatic rings. The lowest BCUT2D eigenvalue weighted by Crippen LogP contribution is -2.52. The summed E-state index contributed by atoms with van der Waals surface area (Å²) in [5, 5.41) is 15.6. The van der Waals surface area contributed by atoms with Crippen molar-refractivity contribution >= 4 is 5.96 Å². The molecule has 1 rings (SSSR count). The Morgan fingerprint density at radius 1 is 1.33 bits per heavy atom. The molecule has 0 bridgehead atoms. The summed E-state index contributed by atoms with van der Waals surface area (Å²) in [5.41, 5.74) is 0.0225. The van der Waals surface area contributed by atoms with E-state index in [4.69, 9.17) is 14.8 Å². The van der Waals surface area contributed by atoms with Gasteiger partial charge >= 0.3 is 0 Å². The Hall–Kier alpha value is -0.850. The first-order valence-electron chi connectivity index (χ1n) is 7.95. The van der Waals surface area contributed by atoms with E-state index >= 15 is 0 Å². The molecule has 0 aromatic carbocycles. The highest BCUT2D eigenvalue weighted by Gasteiger charge is 2.28. The number of rotatable bonds is 7. The minimum Gasteiger partial charge on any atom is -0.396 e. The molecule has 1 saturated heterocycles. The summed E-state index contributed by atoms with van der Waals surface area (Å²) in [5.74, 6) is 1.04. The summed E-state index contributed by atoms with van der Waals surface area (Å²) in [7, 11) is 0. The summed E-state index contributed by atoms with van der Waals surface area (Å²) in [6.07, 6.45) is 0. The van der Waals surface area contributed by atoms with Crippen molar-refractivity contribution in [3.05, 3.63) is 0 Å². The molecule has 0 aromatic rings. The predicted molar refractivity (Wildman–Crippen MR) is 86.7 cm³/mol. The van der Waals surface area contributed by atoms with Gasteiger partial charge in [-0.1, -0.05) is 6.92 Å². The Kier molecular flexibility index (Phi) is 8.00. The molecule has 21 heavy (non-hydrogen) atoms. The molecule has 0 amide bonds. The molecule has 1 fully saturated rings. The van der Waals surface area contributed by atoms with Gasteiger partial charge in [-0.3, -0.25) is 9.89 Å². The fourth-order valence-electron chi connectivity index (χ4n) is 2.22. The number of aliphatic hydroxyl groups is 1. The normalized spacial score (nSPS) is 19.4. The highest BCUT2D eigenvalue weighted by Crippen LogP contribution is 2.16. The molecule has 0 saturated carbocycles. The standard InChI is InChI=1S/C15H32N4O2/c1-5-16-14(17-10-13(2)11-20)18-12-15(3,4)19-6-8-21-9-7-19/h13,20H,5-12H2,1-4H3,(H2,16,17,18). The molecule has 1 unspecified atom stereocenters. The number of nitrogens with zero attached hydrogens (tertiary/aromatic N) is 2. The average molecular weight is 300 g/mol. The third-order valence-corrected chi connectivity index (χ3v) is 3.77. The van der Waals surface area contributed by atoms with E-state index in [2.05, 4.69) is 36.3 Å². The maximum absolute atomic E-state index is 9.09. The van der Waals surface area contributed by atoms with Crippen LogP contribution in [0.3, 0.4) is 0 Å². The first-order valence-corrected chi connectivity index (χ1v) is 7.95. The smallest absolute Gasteiger partial charge is 0.191 e. The largest absolute Gasteiger partial charge is 0.396 e. The van der Waals surface area contributed by atoms with Crippen LogP contribution in [0.4, 0.5) is 0 Å². The Labute approximate surface area is 129 Å². The zero-order valence-corrected chi connectivity index (χ0v) is 14.0. The van der Waals surface area contributed by atoms with E-state index in [0.717, 1.165) is 51.9 Å². The topological polar surface area (TPSA) is 69.1 Å². The first-order chi connectivity index (χ1) is 9.99. The van der Waals surface area contributed by atoms with Gasteiger partial charge in [0.2, 0.25) is 0 Å². The van der Waals surface area contributed by atoms with Gasteiger partial charge in [-0.25, -0.2) is 0 Å². The lowest BCUT2D eigenvalue weighted by molar-refractivity contribution is -0.00684. The van der Waals surface area contributed by atoms with Crippen LogP contribution in [0.15, 0.2) is 4.99 Å². The lowest BCUT2D eigenvalue weighted by atomic mass is 10.0. The summed E-state index contributed by atoms with van der Waals surface area (Å²) < 4.78 is 5.41. The Morgan fingerprint density at radius 3 is 2.57 bits per heavy atom. The van der Waals surface area contributed by atoms with Gasteiger partial charge in [-0.15, -0.1) is 0 Å².